The molecule has 2 atom stereocenters. The summed E-state index contributed by atoms with van der Waals surface area (Å²) in [5.41, 5.74) is 1.71. The molecule has 2 N–H and O–H groups in total. The highest BCUT2D eigenvalue weighted by Crippen LogP contribution is 2.27. The van der Waals surface area contributed by atoms with E-state index in [4.69, 9.17) is 0 Å². The zero-order valence-corrected chi connectivity index (χ0v) is 17.5. The first-order chi connectivity index (χ1) is 15.6. The number of fused-ring (bicyclic) bond motifs is 2. The number of nitrogens with one attached hydrogen (secondary N) is 2. The number of benzene rings is 1. The predicted molar refractivity (Wildman–Crippen MR) is 117 cm³/mol. The van der Waals surface area contributed by atoms with E-state index in [0.717, 1.165) is 24.3 Å². The number of likely N-dealkylation sites (tertiary alicyclic amines) is 1. The molecule has 0 unspecified atom stereocenters. The highest BCUT2D eigenvalue weighted by atomic mass is 16.2. The van der Waals surface area contributed by atoms with Gasteiger partial charge >= 0.3 is 0 Å². The van der Waals surface area contributed by atoms with Crippen LogP contribution in [0.2, 0.25) is 0 Å². The molecule has 0 bridgehead atoms. The minimum absolute atomic E-state index is 0.0210. The van der Waals surface area contributed by atoms with E-state index < -0.39 is 6.04 Å². The first-order valence-corrected chi connectivity index (χ1v) is 10.9. The van der Waals surface area contributed by atoms with Crippen molar-refractivity contribution in [2.45, 2.75) is 37.6 Å². The van der Waals surface area contributed by atoms with E-state index in [9.17, 15) is 14.4 Å². The second kappa shape index (κ2) is 8.41. The lowest BCUT2D eigenvalue weighted by Crippen LogP contribution is -2.43. The number of piperidine rings is 1. The van der Waals surface area contributed by atoms with Gasteiger partial charge in [0.2, 0.25) is 11.8 Å². The maximum atomic E-state index is 13.0. The van der Waals surface area contributed by atoms with Gasteiger partial charge in [0, 0.05) is 31.6 Å². The highest BCUT2D eigenvalue weighted by Gasteiger charge is 2.31. The lowest BCUT2D eigenvalue weighted by atomic mass is 9.96. The molecule has 32 heavy (non-hydrogen) atoms. The van der Waals surface area contributed by atoms with Gasteiger partial charge in [-0.3, -0.25) is 18.8 Å². The molecule has 1 fully saturated rings. The fourth-order valence-corrected chi connectivity index (χ4v) is 4.49. The molecule has 2 aliphatic rings. The zero-order chi connectivity index (χ0) is 22.1. The summed E-state index contributed by atoms with van der Waals surface area (Å²) in [4.78, 5) is 39.8. The van der Waals surface area contributed by atoms with Crippen molar-refractivity contribution in [3.05, 3.63) is 60.0 Å². The van der Waals surface area contributed by atoms with Gasteiger partial charge in [-0.25, -0.2) is 0 Å². The second-order valence-electron chi connectivity index (χ2n) is 8.27. The first kappa shape index (κ1) is 20.2. The molecular weight excluding hydrogens is 408 g/mol. The molecule has 1 saturated heterocycles. The Labute approximate surface area is 184 Å². The molecule has 0 aliphatic carbocycles. The monoisotopic (exact) mass is 432 g/mol. The van der Waals surface area contributed by atoms with E-state index in [1.807, 2.05) is 33.7 Å². The molecule has 4 heterocycles. The lowest BCUT2D eigenvalue weighted by Gasteiger charge is -2.32. The number of para-hydroxylation sites is 1. The first-order valence-electron chi connectivity index (χ1n) is 10.9. The quantitative estimate of drug-likeness (QED) is 0.655. The van der Waals surface area contributed by atoms with E-state index in [0.29, 0.717) is 24.3 Å². The second-order valence-corrected chi connectivity index (χ2v) is 8.27. The number of carbonyl (C=O) groups is 3. The molecule has 3 amide bonds. The molecule has 164 valence electrons. The van der Waals surface area contributed by atoms with Gasteiger partial charge in [-0.15, -0.1) is 10.2 Å². The molecule has 0 radical (unpaired) electrons. The number of hydrogen-bond donors (Lipinski definition) is 2. The summed E-state index contributed by atoms with van der Waals surface area (Å²) in [6.07, 6.45) is 4.20. The molecule has 9 nitrogen and oxygen atoms in total. The molecule has 0 saturated carbocycles. The minimum Gasteiger partial charge on any atom is -0.342 e. The van der Waals surface area contributed by atoms with E-state index >= 15 is 0 Å². The number of rotatable bonds is 4. The number of aromatic nitrogens is 3. The Bertz CT molecular complexity index is 1190. The van der Waals surface area contributed by atoms with Gasteiger partial charge in [-0.1, -0.05) is 18.2 Å². The molecule has 0 spiro atoms. The van der Waals surface area contributed by atoms with Crippen LogP contribution in [0, 0.1) is 0 Å². The molecule has 9 heteroatoms. The third-order valence-corrected chi connectivity index (χ3v) is 6.18. The Morgan fingerprint density at radius 2 is 1.94 bits per heavy atom. The van der Waals surface area contributed by atoms with Crippen LogP contribution in [0.15, 0.2) is 48.7 Å². The average Bonchev–Trinajstić information content (AvgIpc) is 3.21. The number of nitrogens with zero attached hydrogens (tertiary/aromatic N) is 4. The number of hydrogen-bond acceptors (Lipinski definition) is 5. The van der Waals surface area contributed by atoms with Crippen molar-refractivity contribution < 1.29 is 14.4 Å². The van der Waals surface area contributed by atoms with Gasteiger partial charge in [-0.2, -0.15) is 0 Å². The smallest absolute Gasteiger partial charge is 0.254 e. The molecule has 2 aliphatic heterocycles. The van der Waals surface area contributed by atoms with Crippen molar-refractivity contribution in [2.75, 3.05) is 18.4 Å². The van der Waals surface area contributed by atoms with Gasteiger partial charge in [-0.05, 0) is 43.5 Å². The summed E-state index contributed by atoms with van der Waals surface area (Å²) in [6, 6.07) is 11.9. The third kappa shape index (κ3) is 3.81. The summed E-state index contributed by atoms with van der Waals surface area (Å²) >= 11 is 0. The van der Waals surface area contributed by atoms with Crippen LogP contribution >= 0.6 is 0 Å². The summed E-state index contributed by atoms with van der Waals surface area (Å²) in [7, 11) is 0. The van der Waals surface area contributed by atoms with Crippen molar-refractivity contribution in [1.29, 1.82) is 0 Å². The molecule has 3 aromatic rings. The summed E-state index contributed by atoms with van der Waals surface area (Å²) in [5.74, 6) is 0.342. The van der Waals surface area contributed by atoms with Crippen LogP contribution in [0.1, 0.15) is 47.8 Å². The Balaban J connectivity index is 1.22. The maximum absolute atomic E-state index is 13.0. The number of anilines is 1. The van der Waals surface area contributed by atoms with Crippen molar-refractivity contribution >= 4 is 29.1 Å². The van der Waals surface area contributed by atoms with E-state index in [-0.39, 0.29) is 36.5 Å². The molecule has 5 rings (SSSR count). The summed E-state index contributed by atoms with van der Waals surface area (Å²) < 4.78 is 1.97. The minimum atomic E-state index is -0.750. The van der Waals surface area contributed by atoms with E-state index in [2.05, 4.69) is 20.8 Å². The topological polar surface area (TPSA) is 109 Å². The standard InChI is InChI=1S/C23H24N6O3/c30-20(11-10-18-23(32)24-17-8-2-1-7-16(17)22(31)25-18)28-12-5-6-15(14-28)21-27-26-19-9-3-4-13-29(19)21/h1-4,7-9,13,15,18H,5-6,10-12,14H2,(H,24,32)(H,25,31)/t15-,18+/m1/s1. The van der Waals surface area contributed by atoms with Crippen LogP contribution in [0.25, 0.3) is 5.65 Å². The Morgan fingerprint density at radius 1 is 1.09 bits per heavy atom. The maximum Gasteiger partial charge on any atom is 0.254 e. The molecule has 2 aromatic heterocycles. The Kier molecular flexibility index (Phi) is 5.30. The van der Waals surface area contributed by atoms with Crippen LogP contribution in [-0.4, -0.2) is 56.4 Å². The van der Waals surface area contributed by atoms with Crippen LogP contribution in [-0.2, 0) is 9.59 Å². The number of carbonyl (C=O) groups excluding carboxylic acids is 3. The van der Waals surface area contributed by atoms with Gasteiger partial charge in [0.25, 0.3) is 5.91 Å². The van der Waals surface area contributed by atoms with Crippen molar-refractivity contribution in [3.8, 4) is 0 Å². The Morgan fingerprint density at radius 3 is 2.84 bits per heavy atom. The van der Waals surface area contributed by atoms with Crippen LogP contribution in [0.4, 0.5) is 5.69 Å². The highest BCUT2D eigenvalue weighted by molar-refractivity contribution is 6.09. The largest absolute Gasteiger partial charge is 0.342 e. The van der Waals surface area contributed by atoms with Crippen molar-refractivity contribution in [2.24, 2.45) is 0 Å². The lowest BCUT2D eigenvalue weighted by molar-refractivity contribution is -0.132. The summed E-state index contributed by atoms with van der Waals surface area (Å²) in [6.45, 7) is 1.25. The number of amides is 3. The van der Waals surface area contributed by atoms with Crippen molar-refractivity contribution in [3.63, 3.8) is 0 Å². The van der Waals surface area contributed by atoms with Gasteiger partial charge < -0.3 is 15.5 Å². The van der Waals surface area contributed by atoms with E-state index in [1.54, 1.807) is 24.3 Å². The van der Waals surface area contributed by atoms with E-state index in [1.165, 1.54) is 0 Å². The zero-order valence-electron chi connectivity index (χ0n) is 17.5. The predicted octanol–water partition coefficient (Wildman–Crippen LogP) is 1.97. The fraction of sp³-hybridized carbons (Fsp3) is 0.348. The molecule has 1 aromatic carbocycles. The number of pyridine rings is 1. The van der Waals surface area contributed by atoms with Crippen LogP contribution in [0.3, 0.4) is 0 Å². The van der Waals surface area contributed by atoms with Crippen molar-refractivity contribution in [1.82, 2.24) is 24.8 Å². The molecular formula is C23H24N6O3. The normalized spacial score (nSPS) is 20.9. The van der Waals surface area contributed by atoms with Crippen LogP contribution < -0.4 is 10.6 Å². The van der Waals surface area contributed by atoms with Crippen LogP contribution in [0.5, 0.6) is 0 Å². The van der Waals surface area contributed by atoms with Gasteiger partial charge in [0.05, 0.1) is 11.3 Å². The third-order valence-electron chi connectivity index (χ3n) is 6.18. The average molecular weight is 432 g/mol. The van der Waals surface area contributed by atoms with Gasteiger partial charge in [0.1, 0.15) is 11.9 Å². The van der Waals surface area contributed by atoms with Gasteiger partial charge in [0.15, 0.2) is 5.65 Å². The Hall–Kier alpha value is -3.75. The SMILES string of the molecule is O=C1N[C@@H](CCC(=O)N2CCC[C@@H](c3nnc4ccccn34)C2)C(=O)Nc2ccccc21. The fourth-order valence-electron chi connectivity index (χ4n) is 4.49. The summed E-state index contributed by atoms with van der Waals surface area (Å²) in [5, 5.41) is 14.1.